The molecule has 0 saturated carbocycles. The molecule has 0 bridgehead atoms. The largest absolute Gasteiger partial charge is 0.507 e. The fourth-order valence-electron chi connectivity index (χ4n) is 4.88. The first-order valence-corrected chi connectivity index (χ1v) is 13.0. The van der Waals surface area contributed by atoms with Crippen molar-refractivity contribution in [2.75, 3.05) is 0 Å². The number of phenols is 1. The molecule has 2 aromatic rings. The third-order valence-corrected chi connectivity index (χ3v) is 6.61. The second-order valence-corrected chi connectivity index (χ2v) is 10.0. The molecule has 2 unspecified atom stereocenters. The van der Waals surface area contributed by atoms with Gasteiger partial charge in [0, 0.05) is 24.3 Å². The summed E-state index contributed by atoms with van der Waals surface area (Å²) in [5.74, 6) is -0.767. The normalized spacial score (nSPS) is 20.9. The minimum Gasteiger partial charge on any atom is -0.507 e. The quantitative estimate of drug-likeness (QED) is 0.396. The lowest BCUT2D eigenvalue weighted by Crippen LogP contribution is -2.23. The van der Waals surface area contributed by atoms with Gasteiger partial charge in [-0.3, -0.25) is 9.59 Å². The van der Waals surface area contributed by atoms with Crippen LogP contribution in [0, 0.1) is 0 Å². The number of carbonyl (C=O) groups excluding carboxylic acids is 3. The summed E-state index contributed by atoms with van der Waals surface area (Å²) in [4.78, 5) is 38.0. The Labute approximate surface area is 217 Å². The average molecular weight is 507 g/mol. The zero-order valence-electron chi connectivity index (χ0n) is 21.6. The Hall–Kier alpha value is -3.61. The minimum atomic E-state index is -0.650. The van der Waals surface area contributed by atoms with Gasteiger partial charge in [-0.15, -0.1) is 0 Å². The zero-order chi connectivity index (χ0) is 26.5. The Bertz CT molecular complexity index is 1210. The maximum absolute atomic E-state index is 13.3. The van der Waals surface area contributed by atoms with Gasteiger partial charge in [-0.25, -0.2) is 4.79 Å². The Morgan fingerprint density at radius 1 is 1.08 bits per heavy atom. The molecule has 7 nitrogen and oxygen atoms in total. The number of aromatic hydroxyl groups is 1. The lowest BCUT2D eigenvalue weighted by atomic mass is 9.83. The molecule has 2 aromatic carbocycles. The van der Waals surface area contributed by atoms with Gasteiger partial charge in [0.25, 0.3) is 0 Å². The molecule has 4 rings (SSSR count). The van der Waals surface area contributed by atoms with Gasteiger partial charge in [0.05, 0.1) is 18.6 Å². The van der Waals surface area contributed by atoms with E-state index in [9.17, 15) is 19.5 Å². The standard InChI is InChI=1S/C30H34O7/c1-18(2)35-23-14-8-11-20(15-23)24-17-26(32)37-25-16-21-10-5-4-6-12-22(31)13-7-9-19(3)36-30(34)27(21)29(33)28(24)25/h5,8,10-11,14-16,18-19,24,33H,4,6-7,9,12-13,17H2,1-3H3. The van der Waals surface area contributed by atoms with Gasteiger partial charge >= 0.3 is 11.9 Å². The third-order valence-electron chi connectivity index (χ3n) is 6.61. The molecule has 7 heteroatoms. The number of ether oxygens (including phenoxy) is 3. The van der Waals surface area contributed by atoms with Crippen molar-refractivity contribution in [3.05, 3.63) is 58.7 Å². The number of esters is 2. The van der Waals surface area contributed by atoms with Crippen molar-refractivity contribution in [2.24, 2.45) is 0 Å². The van der Waals surface area contributed by atoms with E-state index in [-0.39, 0.29) is 35.4 Å². The van der Waals surface area contributed by atoms with E-state index in [1.54, 1.807) is 19.1 Å². The smallest absolute Gasteiger partial charge is 0.342 e. The number of hydrogen-bond acceptors (Lipinski definition) is 7. The number of rotatable bonds is 3. The number of hydrogen-bond donors (Lipinski definition) is 1. The number of cyclic esters (lactones) is 1. The van der Waals surface area contributed by atoms with E-state index >= 15 is 0 Å². The molecule has 0 aliphatic carbocycles. The number of allylic oxidation sites excluding steroid dienone is 1. The summed E-state index contributed by atoms with van der Waals surface area (Å²) in [7, 11) is 0. The fraction of sp³-hybridized carbons (Fsp3) is 0.433. The molecule has 0 aromatic heterocycles. The minimum absolute atomic E-state index is 0.0137. The van der Waals surface area contributed by atoms with E-state index in [1.165, 1.54) is 0 Å². The average Bonchev–Trinajstić information content (AvgIpc) is 2.82. The van der Waals surface area contributed by atoms with Gasteiger partial charge in [-0.1, -0.05) is 24.3 Å². The first kappa shape index (κ1) is 26.5. The Morgan fingerprint density at radius 2 is 1.86 bits per heavy atom. The van der Waals surface area contributed by atoms with E-state index in [2.05, 4.69) is 0 Å². The number of Topliss-reactive ketones (excluding diaryl/α,β-unsaturated/α-hetero) is 1. The van der Waals surface area contributed by atoms with E-state index in [0.717, 1.165) is 5.56 Å². The van der Waals surface area contributed by atoms with E-state index in [4.69, 9.17) is 14.2 Å². The number of benzene rings is 2. The summed E-state index contributed by atoms with van der Waals surface area (Å²) in [6.45, 7) is 5.64. The first-order chi connectivity index (χ1) is 17.7. The summed E-state index contributed by atoms with van der Waals surface area (Å²) < 4.78 is 17.1. The molecule has 0 fully saturated rings. The summed E-state index contributed by atoms with van der Waals surface area (Å²) in [5.41, 5.74) is 1.61. The first-order valence-electron chi connectivity index (χ1n) is 13.0. The Kier molecular flexibility index (Phi) is 8.31. The molecule has 0 spiro atoms. The molecule has 2 atom stereocenters. The molecule has 0 radical (unpaired) electrons. The molecule has 0 saturated heterocycles. The number of carbonyl (C=O) groups is 3. The van der Waals surface area contributed by atoms with Crippen LogP contribution in [0.1, 0.15) is 98.7 Å². The molecule has 1 N–H and O–H groups in total. The molecule has 2 heterocycles. The van der Waals surface area contributed by atoms with Crippen molar-refractivity contribution >= 4 is 23.8 Å². The van der Waals surface area contributed by atoms with E-state index in [0.29, 0.717) is 55.4 Å². The number of phenolic OH excluding ortho intramolecular Hbond substituents is 1. The van der Waals surface area contributed by atoms with Crippen molar-refractivity contribution in [1.29, 1.82) is 0 Å². The van der Waals surface area contributed by atoms with Crippen molar-refractivity contribution in [2.45, 2.75) is 83.8 Å². The van der Waals surface area contributed by atoms with Crippen molar-refractivity contribution < 1.29 is 33.7 Å². The summed E-state index contributed by atoms with van der Waals surface area (Å²) in [6.07, 6.45) is 6.63. The molecule has 196 valence electrons. The highest BCUT2D eigenvalue weighted by Gasteiger charge is 2.35. The van der Waals surface area contributed by atoms with Gasteiger partial charge in [0.15, 0.2) is 0 Å². The van der Waals surface area contributed by atoms with Crippen LogP contribution in [0.25, 0.3) is 6.08 Å². The SMILES string of the molecule is CC(C)Oc1cccc(C2CC(=O)Oc3cc4c(c(O)c32)C(=O)OC(C)CCCC(=O)CCCC=C4)c1. The third kappa shape index (κ3) is 6.40. The van der Waals surface area contributed by atoms with Crippen LogP contribution in [0.5, 0.6) is 17.2 Å². The monoisotopic (exact) mass is 506 g/mol. The Balaban J connectivity index is 1.80. The molecule has 2 aliphatic rings. The van der Waals surface area contributed by atoms with Crippen molar-refractivity contribution in [3.8, 4) is 17.2 Å². The zero-order valence-corrected chi connectivity index (χ0v) is 21.6. The van der Waals surface area contributed by atoms with Gasteiger partial charge < -0.3 is 19.3 Å². The topological polar surface area (TPSA) is 99.1 Å². The predicted molar refractivity (Wildman–Crippen MR) is 139 cm³/mol. The predicted octanol–water partition coefficient (Wildman–Crippen LogP) is 6.10. The number of ketones is 1. The summed E-state index contributed by atoms with van der Waals surface area (Å²) >= 11 is 0. The highest BCUT2D eigenvalue weighted by atomic mass is 16.5. The van der Waals surface area contributed by atoms with Gasteiger partial charge in [-0.05, 0) is 75.8 Å². The lowest BCUT2D eigenvalue weighted by Gasteiger charge is -2.28. The van der Waals surface area contributed by atoms with Crippen LogP contribution in [-0.4, -0.2) is 35.0 Å². The van der Waals surface area contributed by atoms with Crippen LogP contribution in [0.2, 0.25) is 0 Å². The van der Waals surface area contributed by atoms with Crippen molar-refractivity contribution in [3.63, 3.8) is 0 Å². The fourth-order valence-corrected chi connectivity index (χ4v) is 4.88. The van der Waals surface area contributed by atoms with Crippen molar-refractivity contribution in [1.82, 2.24) is 0 Å². The van der Waals surface area contributed by atoms with Crippen LogP contribution in [-0.2, 0) is 14.3 Å². The lowest BCUT2D eigenvalue weighted by molar-refractivity contribution is -0.135. The maximum Gasteiger partial charge on any atom is 0.342 e. The second-order valence-electron chi connectivity index (χ2n) is 10.0. The van der Waals surface area contributed by atoms with E-state index in [1.807, 2.05) is 44.2 Å². The molecule has 2 aliphatic heterocycles. The molecular weight excluding hydrogens is 472 g/mol. The van der Waals surface area contributed by atoms with Crippen LogP contribution in [0.15, 0.2) is 36.4 Å². The van der Waals surface area contributed by atoms with Gasteiger partial charge in [-0.2, -0.15) is 0 Å². The van der Waals surface area contributed by atoms with Gasteiger partial charge in [0.1, 0.15) is 28.6 Å². The van der Waals surface area contributed by atoms with Gasteiger partial charge in [0.2, 0.25) is 0 Å². The highest BCUT2D eigenvalue weighted by Crippen LogP contribution is 2.47. The van der Waals surface area contributed by atoms with Crippen LogP contribution in [0.3, 0.4) is 0 Å². The van der Waals surface area contributed by atoms with Crippen LogP contribution >= 0.6 is 0 Å². The second kappa shape index (κ2) is 11.6. The van der Waals surface area contributed by atoms with E-state index < -0.39 is 24.0 Å². The summed E-state index contributed by atoms with van der Waals surface area (Å²) in [5, 5.41) is 11.5. The number of fused-ring (bicyclic) bond motifs is 2. The molecular formula is C30H34O7. The summed E-state index contributed by atoms with van der Waals surface area (Å²) in [6, 6.07) is 9.01. The molecule has 0 amide bonds. The maximum atomic E-state index is 13.3. The van der Waals surface area contributed by atoms with Crippen LogP contribution in [0.4, 0.5) is 0 Å². The Morgan fingerprint density at radius 3 is 2.65 bits per heavy atom. The highest BCUT2D eigenvalue weighted by molar-refractivity contribution is 5.98. The molecule has 37 heavy (non-hydrogen) atoms. The van der Waals surface area contributed by atoms with Crippen LogP contribution < -0.4 is 9.47 Å².